The van der Waals surface area contributed by atoms with Gasteiger partial charge in [0.25, 0.3) is 5.91 Å². The molecule has 3 aromatic carbocycles. The van der Waals surface area contributed by atoms with Gasteiger partial charge >= 0.3 is 5.97 Å². The van der Waals surface area contributed by atoms with E-state index in [9.17, 15) is 9.59 Å². The van der Waals surface area contributed by atoms with Crippen LogP contribution in [0.4, 0.5) is 0 Å². The molecule has 6 rings (SSSR count). The highest BCUT2D eigenvalue weighted by atomic mass is 32.2. The maximum absolute atomic E-state index is 13.6. The second kappa shape index (κ2) is 14.2. The van der Waals surface area contributed by atoms with Crippen LogP contribution in [0.15, 0.2) is 65.6 Å². The number of hydrogen-bond acceptors (Lipinski definition) is 8. The van der Waals surface area contributed by atoms with Gasteiger partial charge in [-0.05, 0) is 77.4 Å². The fourth-order valence-electron chi connectivity index (χ4n) is 5.72. The Morgan fingerprint density at radius 3 is 2.58 bits per heavy atom. The number of ether oxygens (including phenoxy) is 3. The van der Waals surface area contributed by atoms with E-state index in [1.54, 1.807) is 29.2 Å². The third kappa shape index (κ3) is 7.41. The van der Waals surface area contributed by atoms with Crippen LogP contribution in [-0.4, -0.2) is 83.7 Å². The molecule has 1 amide bonds. The Morgan fingerprint density at radius 1 is 1.04 bits per heavy atom. The summed E-state index contributed by atoms with van der Waals surface area (Å²) in [6.07, 6.45) is 3.46. The van der Waals surface area contributed by atoms with Crippen molar-refractivity contribution in [3.05, 3.63) is 87.8 Å². The third-order valence-electron chi connectivity index (χ3n) is 8.45. The first-order valence-corrected chi connectivity index (χ1v) is 16.5. The zero-order valence-electron chi connectivity index (χ0n) is 25.2. The molecule has 10 heteroatoms. The topological polar surface area (TPSA) is 88.5 Å². The second-order valence-corrected chi connectivity index (χ2v) is 13.1. The number of thioether (sulfide) groups is 1. The molecule has 0 aliphatic carbocycles. The highest BCUT2D eigenvalue weighted by Crippen LogP contribution is 2.39. The maximum Gasteiger partial charge on any atom is 0.335 e. The fourth-order valence-corrected chi connectivity index (χ4v) is 7.02. The normalized spacial score (nSPS) is 19.4. The molecule has 45 heavy (non-hydrogen) atoms. The van der Waals surface area contributed by atoms with Gasteiger partial charge in [0.2, 0.25) is 0 Å². The van der Waals surface area contributed by atoms with Crippen LogP contribution in [0, 0.1) is 0 Å². The Bertz CT molecular complexity index is 1620. The quantitative estimate of drug-likeness (QED) is 0.208. The van der Waals surface area contributed by atoms with Crippen LogP contribution in [-0.2, 0) is 16.0 Å². The predicted octanol–water partition coefficient (Wildman–Crippen LogP) is 6.09. The van der Waals surface area contributed by atoms with E-state index < -0.39 is 5.97 Å². The molecule has 0 saturated carbocycles. The lowest BCUT2D eigenvalue weighted by Crippen LogP contribution is -2.38. The van der Waals surface area contributed by atoms with Gasteiger partial charge in [0.15, 0.2) is 0 Å². The van der Waals surface area contributed by atoms with Crippen molar-refractivity contribution >= 4 is 46.3 Å². The van der Waals surface area contributed by atoms with Crippen LogP contribution in [0.3, 0.4) is 0 Å². The van der Waals surface area contributed by atoms with E-state index in [2.05, 4.69) is 42.2 Å². The minimum atomic E-state index is -0.966. The number of amides is 1. The molecule has 1 atom stereocenters. The lowest BCUT2D eigenvalue weighted by atomic mass is 9.92. The van der Waals surface area contributed by atoms with Crippen LogP contribution >= 0.6 is 24.0 Å². The minimum absolute atomic E-state index is 0.145. The molecule has 1 unspecified atom stereocenters. The van der Waals surface area contributed by atoms with Crippen molar-refractivity contribution in [3.8, 4) is 22.6 Å². The van der Waals surface area contributed by atoms with Gasteiger partial charge < -0.3 is 19.3 Å². The number of nitrogens with zero attached hydrogens (tertiary/aromatic N) is 2. The molecule has 3 aliphatic rings. The molecule has 0 radical (unpaired) electrons. The Morgan fingerprint density at radius 2 is 1.80 bits per heavy atom. The van der Waals surface area contributed by atoms with Gasteiger partial charge in [-0.3, -0.25) is 14.6 Å². The number of morpholine rings is 1. The number of aromatic carboxylic acids is 1. The van der Waals surface area contributed by atoms with E-state index in [-0.39, 0.29) is 11.5 Å². The second-order valence-electron chi connectivity index (χ2n) is 11.4. The standard InChI is InChI=1S/C35H36N2O6S2/c1-23-11-16-42-31-21-27(6-8-29(23)31)26-7-9-30(43-19-15-36-13-17-41-18-14-36)28(20-26)22-32-33(38)37(35(44)45-32)12-10-24-2-4-25(5-3-24)34(39)40/h2-9,20-23H,10-19H2,1H3,(H,39,40). The van der Waals surface area contributed by atoms with E-state index in [0.717, 1.165) is 67.3 Å². The highest BCUT2D eigenvalue weighted by Gasteiger charge is 2.32. The zero-order chi connectivity index (χ0) is 31.3. The molecule has 2 fully saturated rings. The molecule has 3 aromatic rings. The van der Waals surface area contributed by atoms with E-state index in [0.29, 0.717) is 47.1 Å². The van der Waals surface area contributed by atoms with Crippen molar-refractivity contribution in [3.63, 3.8) is 0 Å². The maximum atomic E-state index is 13.6. The van der Waals surface area contributed by atoms with Crippen molar-refractivity contribution in [2.75, 3.05) is 52.6 Å². The number of thiocarbonyl (C=S) groups is 1. The van der Waals surface area contributed by atoms with Crippen molar-refractivity contribution < 1.29 is 28.9 Å². The van der Waals surface area contributed by atoms with Crippen LogP contribution in [0.1, 0.15) is 46.3 Å². The first-order chi connectivity index (χ1) is 21.9. The number of fused-ring (bicyclic) bond motifs is 1. The highest BCUT2D eigenvalue weighted by molar-refractivity contribution is 8.26. The summed E-state index contributed by atoms with van der Waals surface area (Å²) >= 11 is 6.90. The number of carbonyl (C=O) groups excluding carboxylic acids is 1. The van der Waals surface area contributed by atoms with Gasteiger partial charge in [-0.2, -0.15) is 0 Å². The summed E-state index contributed by atoms with van der Waals surface area (Å²) in [6.45, 7) is 7.91. The average molecular weight is 645 g/mol. The van der Waals surface area contributed by atoms with Crippen molar-refractivity contribution in [1.82, 2.24) is 9.80 Å². The van der Waals surface area contributed by atoms with E-state index in [1.165, 1.54) is 17.3 Å². The van der Waals surface area contributed by atoms with E-state index in [4.69, 9.17) is 31.5 Å². The Hall–Kier alpha value is -3.70. The SMILES string of the molecule is CC1CCOc2cc(-c3ccc(OCCN4CCOCC4)c(C=C4SC(=S)N(CCc5ccc(C(=O)O)cc5)C4=O)c3)ccc21. The van der Waals surface area contributed by atoms with Gasteiger partial charge in [0, 0.05) is 31.7 Å². The number of carbonyl (C=O) groups is 2. The molecule has 0 aromatic heterocycles. The number of benzene rings is 3. The van der Waals surface area contributed by atoms with Crippen LogP contribution in [0.25, 0.3) is 17.2 Å². The van der Waals surface area contributed by atoms with Gasteiger partial charge in [0.1, 0.15) is 22.4 Å². The number of rotatable bonds is 10. The van der Waals surface area contributed by atoms with Gasteiger partial charge in [0.05, 0.1) is 30.3 Å². The number of carboxylic acid groups (broad SMARTS) is 1. The van der Waals surface area contributed by atoms with Crippen LogP contribution in [0.2, 0.25) is 0 Å². The number of carboxylic acids is 1. The summed E-state index contributed by atoms with van der Waals surface area (Å²) in [5.74, 6) is 0.988. The smallest absolute Gasteiger partial charge is 0.335 e. The van der Waals surface area contributed by atoms with Crippen molar-refractivity contribution in [2.45, 2.75) is 25.7 Å². The molecule has 3 heterocycles. The van der Waals surface area contributed by atoms with Crippen LogP contribution < -0.4 is 9.47 Å². The molecule has 3 aliphatic heterocycles. The monoisotopic (exact) mass is 644 g/mol. The van der Waals surface area contributed by atoms with E-state index in [1.807, 2.05) is 12.1 Å². The average Bonchev–Trinajstić information content (AvgIpc) is 3.32. The molecule has 8 nitrogen and oxygen atoms in total. The van der Waals surface area contributed by atoms with Gasteiger partial charge in [-0.25, -0.2) is 4.79 Å². The summed E-state index contributed by atoms with van der Waals surface area (Å²) in [6, 6.07) is 19.2. The molecule has 234 valence electrons. The molecular formula is C35H36N2O6S2. The summed E-state index contributed by atoms with van der Waals surface area (Å²) in [7, 11) is 0. The summed E-state index contributed by atoms with van der Waals surface area (Å²) < 4.78 is 18.3. The third-order valence-corrected chi connectivity index (χ3v) is 9.83. The van der Waals surface area contributed by atoms with Gasteiger partial charge in [-0.15, -0.1) is 0 Å². The summed E-state index contributed by atoms with van der Waals surface area (Å²) in [5, 5.41) is 9.16. The molecule has 2 saturated heterocycles. The van der Waals surface area contributed by atoms with Crippen molar-refractivity contribution in [2.24, 2.45) is 0 Å². The number of hydrogen-bond donors (Lipinski definition) is 1. The first-order valence-electron chi connectivity index (χ1n) is 15.3. The van der Waals surface area contributed by atoms with Crippen LogP contribution in [0.5, 0.6) is 11.5 Å². The largest absolute Gasteiger partial charge is 0.493 e. The fraction of sp³-hybridized carbons (Fsp3) is 0.343. The Balaban J connectivity index is 1.23. The van der Waals surface area contributed by atoms with Crippen molar-refractivity contribution in [1.29, 1.82) is 0 Å². The molecule has 0 spiro atoms. The summed E-state index contributed by atoms with van der Waals surface area (Å²) in [5.41, 5.74) is 5.26. The Labute approximate surface area is 273 Å². The summed E-state index contributed by atoms with van der Waals surface area (Å²) in [4.78, 5) is 29.2. The lowest BCUT2D eigenvalue weighted by Gasteiger charge is -2.26. The lowest BCUT2D eigenvalue weighted by molar-refractivity contribution is -0.122. The Kier molecular flexibility index (Phi) is 9.85. The van der Waals surface area contributed by atoms with E-state index >= 15 is 0 Å². The first kappa shape index (κ1) is 31.3. The molecule has 0 bridgehead atoms. The zero-order valence-corrected chi connectivity index (χ0v) is 26.8. The minimum Gasteiger partial charge on any atom is -0.493 e. The van der Waals surface area contributed by atoms with Gasteiger partial charge in [-0.1, -0.05) is 61.2 Å². The predicted molar refractivity (Wildman–Crippen MR) is 180 cm³/mol. The molecule has 1 N–H and O–H groups in total. The molecular weight excluding hydrogens is 609 g/mol.